The molecule has 2 amide bonds. The minimum absolute atomic E-state index is 0.0432. The van der Waals surface area contributed by atoms with Crippen LogP contribution in [0.15, 0.2) is 122 Å². The lowest BCUT2D eigenvalue weighted by Crippen LogP contribution is -2.34. The second-order valence-electron chi connectivity index (χ2n) is 15.5. The van der Waals surface area contributed by atoms with Crippen LogP contribution in [-0.2, 0) is 23.7 Å². The summed E-state index contributed by atoms with van der Waals surface area (Å²) in [4.78, 5) is 29.7. The van der Waals surface area contributed by atoms with Crippen LogP contribution in [0.4, 0.5) is 11.4 Å². The van der Waals surface area contributed by atoms with Crippen molar-refractivity contribution in [2.24, 2.45) is 14.1 Å². The van der Waals surface area contributed by atoms with Crippen molar-refractivity contribution in [2.75, 3.05) is 36.0 Å². The number of rotatable bonds is 17. The molecule has 8 rings (SSSR count). The number of unbranched alkanes of at least 4 members (excludes halogenated alkanes) is 4. The van der Waals surface area contributed by atoms with E-state index in [1.165, 1.54) is 64.1 Å². The van der Waals surface area contributed by atoms with Gasteiger partial charge in [0, 0.05) is 98.2 Å². The molecule has 0 radical (unpaired) electrons. The van der Waals surface area contributed by atoms with Crippen molar-refractivity contribution in [3.8, 4) is 0 Å². The zero-order chi connectivity index (χ0) is 41.3. The van der Waals surface area contributed by atoms with Crippen molar-refractivity contribution in [1.82, 2.24) is 10.6 Å². The Kier molecular flexibility index (Phi) is 13.3. The quantitative estimate of drug-likeness (QED) is 0.0710. The van der Waals surface area contributed by atoms with E-state index in [1.807, 2.05) is 22.7 Å². The van der Waals surface area contributed by atoms with Gasteiger partial charge in [-0.3, -0.25) is 9.59 Å². The number of para-hydroxylation sites is 4. The molecule has 0 unspecified atom stereocenters. The first-order valence-corrected chi connectivity index (χ1v) is 22.9. The number of hydrogen-bond donors (Lipinski definition) is 2. The highest BCUT2D eigenvalue weighted by molar-refractivity contribution is 7.19. The van der Waals surface area contributed by atoms with Crippen molar-refractivity contribution >= 4 is 89.6 Å². The highest BCUT2D eigenvalue weighted by atomic mass is 32.1. The van der Waals surface area contributed by atoms with Gasteiger partial charge in [0.2, 0.25) is 22.8 Å². The molecule has 10 heteroatoms. The average Bonchev–Trinajstić information content (AvgIpc) is 3.77. The van der Waals surface area contributed by atoms with E-state index in [0.29, 0.717) is 25.9 Å². The predicted molar refractivity (Wildman–Crippen MR) is 251 cm³/mol. The first-order valence-electron chi connectivity index (χ1n) is 21.2. The highest BCUT2D eigenvalue weighted by Gasteiger charge is 2.21. The minimum atomic E-state index is 0.0432. The van der Waals surface area contributed by atoms with Crippen LogP contribution in [0, 0.1) is 0 Å². The molecule has 0 saturated heterocycles. The molecule has 60 heavy (non-hydrogen) atoms. The van der Waals surface area contributed by atoms with E-state index in [-0.39, 0.29) is 11.8 Å². The number of aryl methyl sites for hydroxylation is 2. The number of anilines is 2. The number of benzene rings is 4. The molecule has 4 aromatic carbocycles. The first kappa shape index (κ1) is 40.9. The van der Waals surface area contributed by atoms with E-state index in [9.17, 15) is 9.59 Å². The Bertz CT molecular complexity index is 2440. The fourth-order valence-electron chi connectivity index (χ4n) is 8.09. The lowest BCUT2D eigenvalue weighted by molar-refractivity contribution is -0.642. The molecule has 0 atom stereocenters. The van der Waals surface area contributed by atoms with Gasteiger partial charge in [0.1, 0.15) is 23.5 Å². The second kappa shape index (κ2) is 19.5. The number of carbonyl (C=O) groups is 2. The van der Waals surface area contributed by atoms with Gasteiger partial charge >= 0.3 is 0 Å². The fourth-order valence-corrected chi connectivity index (χ4v) is 10.3. The summed E-state index contributed by atoms with van der Waals surface area (Å²) >= 11 is 3.63. The lowest BCUT2D eigenvalue weighted by atomic mass is 9.99. The van der Waals surface area contributed by atoms with Crippen molar-refractivity contribution in [3.05, 3.63) is 143 Å². The number of aromatic nitrogens is 2. The zero-order valence-corrected chi connectivity index (χ0v) is 36.2. The molecule has 0 bridgehead atoms. The molecule has 8 nitrogen and oxygen atoms in total. The van der Waals surface area contributed by atoms with Gasteiger partial charge in [0.05, 0.1) is 0 Å². The van der Waals surface area contributed by atoms with Gasteiger partial charge in [0.15, 0.2) is 0 Å². The Labute approximate surface area is 361 Å². The molecule has 2 aliphatic heterocycles. The van der Waals surface area contributed by atoms with Gasteiger partial charge in [-0.2, -0.15) is 9.13 Å². The number of carbonyl (C=O) groups excluding carboxylic acids is 2. The Hall–Kier alpha value is -5.84. The molecule has 4 heterocycles. The molecule has 2 N–H and O–H groups in total. The van der Waals surface area contributed by atoms with E-state index in [1.54, 1.807) is 0 Å². The van der Waals surface area contributed by atoms with Crippen LogP contribution in [-0.4, -0.2) is 38.0 Å². The normalized spacial score (nSPS) is 14.6. The molecule has 0 saturated carbocycles. The Morgan fingerprint density at radius 3 is 1.42 bits per heavy atom. The topological polar surface area (TPSA) is 72.4 Å². The van der Waals surface area contributed by atoms with Crippen molar-refractivity contribution in [2.45, 2.75) is 51.4 Å². The maximum absolute atomic E-state index is 12.5. The minimum Gasteiger partial charge on any atom is -0.354 e. The third-order valence-electron chi connectivity index (χ3n) is 11.4. The Morgan fingerprint density at radius 1 is 0.550 bits per heavy atom. The summed E-state index contributed by atoms with van der Waals surface area (Å²) in [6.45, 7) is 2.71. The molecular formula is C50H54N6O2S2+2. The summed E-state index contributed by atoms with van der Waals surface area (Å²) < 4.78 is 7.10. The number of nitrogens with zero attached hydrogens (tertiary/aromatic N) is 4. The molecule has 2 aliphatic rings. The molecule has 0 fully saturated rings. The summed E-state index contributed by atoms with van der Waals surface area (Å²) in [6, 6.07) is 34.3. The molecule has 2 aromatic heterocycles. The van der Waals surface area contributed by atoms with Crippen LogP contribution >= 0.6 is 22.7 Å². The SMILES string of the molecule is C[n+]1c(C=C2C=CN(CCCCCC(=O)NCCNC(=O)CCCCCN3C=C/C(=C\c4sc5ccccc5[n+]4C)c4ccccc43)c3ccccc32)sc2ccccc21. The van der Waals surface area contributed by atoms with Crippen LogP contribution in [0.25, 0.3) is 43.7 Å². The number of nitrogens with one attached hydrogen (secondary N) is 2. The van der Waals surface area contributed by atoms with Gasteiger partial charge in [-0.05, 0) is 73.2 Å². The van der Waals surface area contributed by atoms with E-state index in [0.717, 1.165) is 51.6 Å². The van der Waals surface area contributed by atoms with Crippen LogP contribution in [0.1, 0.15) is 72.5 Å². The number of amides is 2. The van der Waals surface area contributed by atoms with Crippen molar-refractivity contribution in [3.63, 3.8) is 0 Å². The highest BCUT2D eigenvalue weighted by Crippen LogP contribution is 2.36. The summed E-state index contributed by atoms with van der Waals surface area (Å²) in [5, 5.41) is 8.40. The molecule has 6 aromatic rings. The predicted octanol–water partition coefficient (Wildman–Crippen LogP) is 9.57. The van der Waals surface area contributed by atoms with Crippen LogP contribution < -0.4 is 29.6 Å². The van der Waals surface area contributed by atoms with E-state index in [4.69, 9.17) is 0 Å². The van der Waals surface area contributed by atoms with Crippen molar-refractivity contribution in [1.29, 1.82) is 0 Å². The standard InChI is InChI=1S/C50H52N6O2S2/c1-53-43-21-11-13-23-45(43)59-49(53)35-37-27-33-55(41-19-9-7-17-39(37)41)31-15-3-5-25-47(57)51-29-30-52-48(58)26-6-4-16-32-56-34-28-38(40-18-8-10-20-42(40)56)36-50-54(2)44-22-12-14-24-46(44)60-50/h7-14,17-24,27-28,33-36H,3-6,15-16,25-26,29-32H2,1-2H3/p+2. The molecule has 0 aliphatic carbocycles. The van der Waals surface area contributed by atoms with Crippen LogP contribution in [0.2, 0.25) is 0 Å². The van der Waals surface area contributed by atoms with Gasteiger partial charge in [-0.25, -0.2) is 0 Å². The maximum atomic E-state index is 12.5. The third kappa shape index (κ3) is 9.61. The Balaban J connectivity index is 0.693. The summed E-state index contributed by atoms with van der Waals surface area (Å²) in [6.07, 6.45) is 20.0. The largest absolute Gasteiger partial charge is 0.354 e. The number of fused-ring (bicyclic) bond motifs is 4. The van der Waals surface area contributed by atoms with Gasteiger partial charge in [-0.1, -0.05) is 96.2 Å². The third-order valence-corrected chi connectivity index (χ3v) is 13.7. The average molecular weight is 835 g/mol. The number of hydrogen-bond acceptors (Lipinski definition) is 6. The fraction of sp³-hybridized carbons (Fsp3) is 0.280. The monoisotopic (exact) mass is 834 g/mol. The van der Waals surface area contributed by atoms with Gasteiger partial charge < -0.3 is 20.4 Å². The summed E-state index contributed by atoms with van der Waals surface area (Å²) in [5.74, 6) is 0.0864. The van der Waals surface area contributed by atoms with E-state index < -0.39 is 0 Å². The number of thiazole rings is 2. The van der Waals surface area contributed by atoms with Crippen LogP contribution in [0.5, 0.6) is 0 Å². The summed E-state index contributed by atoms with van der Waals surface area (Å²) in [5.41, 5.74) is 9.84. The lowest BCUT2D eigenvalue weighted by Gasteiger charge is -2.27. The van der Waals surface area contributed by atoms with E-state index in [2.05, 4.69) is 177 Å². The van der Waals surface area contributed by atoms with Gasteiger partial charge in [-0.15, -0.1) is 0 Å². The molecule has 306 valence electrons. The first-order chi connectivity index (χ1) is 29.4. The Morgan fingerprint density at radius 2 is 0.967 bits per heavy atom. The smallest absolute Gasteiger partial charge is 0.263 e. The van der Waals surface area contributed by atoms with Crippen molar-refractivity contribution < 1.29 is 18.7 Å². The molecule has 0 spiro atoms. The molecular weight excluding hydrogens is 781 g/mol. The van der Waals surface area contributed by atoms with E-state index >= 15 is 0 Å². The second-order valence-corrected chi connectivity index (χ2v) is 17.6. The maximum Gasteiger partial charge on any atom is 0.263 e. The van der Waals surface area contributed by atoms with Crippen LogP contribution in [0.3, 0.4) is 0 Å². The number of allylic oxidation sites excluding steroid dienone is 4. The van der Waals surface area contributed by atoms with Gasteiger partial charge in [0.25, 0.3) is 10.0 Å². The zero-order valence-electron chi connectivity index (χ0n) is 34.6. The summed E-state index contributed by atoms with van der Waals surface area (Å²) in [7, 11) is 4.26.